The second kappa shape index (κ2) is 7.80. The molecule has 1 aliphatic heterocycles. The Hall–Kier alpha value is -3.22. The summed E-state index contributed by atoms with van der Waals surface area (Å²) < 4.78 is 68.0. The van der Waals surface area contributed by atoms with Gasteiger partial charge in [-0.3, -0.25) is 10.1 Å². The maximum Gasteiger partial charge on any atom is 0.416 e. The van der Waals surface area contributed by atoms with E-state index in [1.54, 1.807) is 0 Å². The molecule has 0 bridgehead atoms. The van der Waals surface area contributed by atoms with Gasteiger partial charge in [0.1, 0.15) is 12.4 Å². The average Bonchev–Trinajstić information content (AvgIpc) is 2.65. The molecule has 0 saturated heterocycles. The number of alkyl halides is 3. The molecule has 28 heavy (non-hydrogen) atoms. The summed E-state index contributed by atoms with van der Waals surface area (Å²) in [6.45, 7) is -1.16. The third kappa shape index (κ3) is 3.88. The first-order valence-corrected chi connectivity index (χ1v) is 7.33. The van der Waals surface area contributed by atoms with Crippen molar-refractivity contribution in [3.05, 3.63) is 44.9 Å². The predicted molar refractivity (Wildman–Crippen MR) is 82.4 cm³/mol. The molecule has 0 fully saturated rings. The minimum absolute atomic E-state index is 0.0202. The van der Waals surface area contributed by atoms with Crippen LogP contribution in [0, 0.1) is 15.9 Å². The van der Waals surface area contributed by atoms with Gasteiger partial charge < -0.3 is 19.1 Å². The average molecular weight is 408 g/mol. The van der Waals surface area contributed by atoms with Crippen LogP contribution in [0.25, 0.3) is 0 Å². The number of benzene rings is 1. The van der Waals surface area contributed by atoms with Gasteiger partial charge in [0.2, 0.25) is 5.82 Å². The molecule has 0 aromatic heterocycles. The zero-order valence-corrected chi connectivity index (χ0v) is 14.3. The molecule has 0 spiro atoms. The zero-order chi connectivity index (χ0) is 21.2. The third-order valence-electron chi connectivity index (χ3n) is 3.68. The monoisotopic (exact) mass is 408 g/mol. The van der Waals surface area contributed by atoms with E-state index in [-0.39, 0.29) is 12.1 Å². The van der Waals surface area contributed by atoms with Gasteiger partial charge in [0.25, 0.3) is 0 Å². The van der Waals surface area contributed by atoms with Crippen molar-refractivity contribution in [2.45, 2.75) is 6.18 Å². The molecule has 0 atom stereocenters. The molecular weight excluding hydrogens is 396 g/mol. The number of ether oxygens (including phenoxy) is 3. The Morgan fingerprint density at radius 1 is 1.21 bits per heavy atom. The number of nitro benzene ring substituents is 1. The number of esters is 2. The first-order valence-electron chi connectivity index (χ1n) is 7.33. The van der Waals surface area contributed by atoms with E-state index in [2.05, 4.69) is 9.47 Å². The molecule has 0 radical (unpaired) electrons. The molecule has 1 aromatic rings. The fourth-order valence-corrected chi connectivity index (χ4v) is 2.42. The van der Waals surface area contributed by atoms with Gasteiger partial charge in [-0.05, 0) is 6.07 Å². The Kier molecular flexibility index (Phi) is 5.87. The van der Waals surface area contributed by atoms with Gasteiger partial charge in [-0.2, -0.15) is 17.6 Å². The number of hydrogen-bond donors (Lipinski definition) is 0. The molecule has 9 nitrogen and oxygen atoms in total. The Morgan fingerprint density at radius 3 is 2.32 bits per heavy atom. The van der Waals surface area contributed by atoms with Crippen LogP contribution in [0.3, 0.4) is 0 Å². The summed E-state index contributed by atoms with van der Waals surface area (Å²) in [6.07, 6.45) is -5.05. The molecule has 0 N–H and O–H groups in total. The number of carbonyl (C=O) groups is 2. The number of anilines is 1. The van der Waals surface area contributed by atoms with E-state index in [9.17, 15) is 37.3 Å². The fraction of sp³-hybridized carbons (Fsp3) is 0.333. The first kappa shape index (κ1) is 21.1. The van der Waals surface area contributed by atoms with Gasteiger partial charge in [-0.1, -0.05) is 0 Å². The van der Waals surface area contributed by atoms with Crippen LogP contribution in [0.5, 0.6) is 0 Å². The van der Waals surface area contributed by atoms with Crippen LogP contribution in [0.1, 0.15) is 5.56 Å². The van der Waals surface area contributed by atoms with Crippen molar-refractivity contribution in [1.82, 2.24) is 0 Å². The molecule has 0 saturated carbocycles. The number of rotatable bonds is 4. The summed E-state index contributed by atoms with van der Waals surface area (Å²) in [4.78, 5) is 34.2. The SMILES string of the molecule is COC(=O)C1=C(C(=O)OC)N(c2cc(C(F)(F)F)cc([N+](=O)[O-])c2F)COC1. The van der Waals surface area contributed by atoms with Gasteiger partial charge in [-0.15, -0.1) is 0 Å². The maximum absolute atomic E-state index is 14.6. The number of halogens is 4. The lowest BCUT2D eigenvalue weighted by Crippen LogP contribution is -2.39. The summed E-state index contributed by atoms with van der Waals surface area (Å²) in [5, 5.41) is 11.0. The lowest BCUT2D eigenvalue weighted by Gasteiger charge is -2.31. The second-order valence-corrected chi connectivity index (χ2v) is 5.30. The molecule has 13 heteroatoms. The van der Waals surface area contributed by atoms with Crippen LogP contribution in [-0.4, -0.2) is 44.4 Å². The molecule has 1 aliphatic rings. The minimum atomic E-state index is -5.05. The third-order valence-corrected chi connectivity index (χ3v) is 3.68. The lowest BCUT2D eigenvalue weighted by atomic mass is 10.1. The molecule has 2 rings (SSSR count). The van der Waals surface area contributed by atoms with E-state index < -0.39 is 70.4 Å². The predicted octanol–water partition coefficient (Wildman–Crippen LogP) is 2.15. The van der Waals surface area contributed by atoms with Crippen molar-refractivity contribution in [2.24, 2.45) is 0 Å². The van der Waals surface area contributed by atoms with E-state index in [4.69, 9.17) is 4.74 Å². The van der Waals surface area contributed by atoms with Gasteiger partial charge >= 0.3 is 23.8 Å². The standard InChI is InChI=1S/C15H12F4N2O7/c1-26-13(22)8-5-28-6-20(12(8)14(23)27-2)9-3-7(15(17,18)19)4-10(11(9)16)21(24)25/h3-4H,5-6H2,1-2H3. The van der Waals surface area contributed by atoms with E-state index in [1.165, 1.54) is 0 Å². The van der Waals surface area contributed by atoms with Gasteiger partial charge in [0.15, 0.2) is 0 Å². The highest BCUT2D eigenvalue weighted by Gasteiger charge is 2.39. The molecule has 0 unspecified atom stereocenters. The van der Waals surface area contributed by atoms with Crippen molar-refractivity contribution in [3.8, 4) is 0 Å². The highest BCUT2D eigenvalue weighted by Crippen LogP contribution is 2.39. The number of methoxy groups -OCH3 is 2. The van der Waals surface area contributed by atoms with Crippen LogP contribution in [-0.2, 0) is 30.0 Å². The number of nitro groups is 1. The van der Waals surface area contributed by atoms with E-state index in [1.807, 2.05) is 0 Å². The van der Waals surface area contributed by atoms with E-state index in [0.29, 0.717) is 4.90 Å². The lowest BCUT2D eigenvalue weighted by molar-refractivity contribution is -0.387. The fourth-order valence-electron chi connectivity index (χ4n) is 2.42. The van der Waals surface area contributed by atoms with Gasteiger partial charge in [0.05, 0.1) is 42.6 Å². The largest absolute Gasteiger partial charge is 0.466 e. The summed E-state index contributed by atoms with van der Waals surface area (Å²) >= 11 is 0. The first-order chi connectivity index (χ1) is 13.0. The number of nitrogens with zero attached hydrogens (tertiary/aromatic N) is 2. The second-order valence-electron chi connectivity index (χ2n) is 5.30. The molecule has 1 aromatic carbocycles. The molecule has 0 aliphatic carbocycles. The quantitative estimate of drug-likeness (QED) is 0.323. The Labute approximate surface area is 154 Å². The summed E-state index contributed by atoms with van der Waals surface area (Å²) in [5.41, 5.74) is -5.12. The minimum Gasteiger partial charge on any atom is -0.466 e. The van der Waals surface area contributed by atoms with Crippen molar-refractivity contribution in [2.75, 3.05) is 32.5 Å². The van der Waals surface area contributed by atoms with Gasteiger partial charge in [-0.25, -0.2) is 9.59 Å². The molecule has 0 amide bonds. The van der Waals surface area contributed by atoms with Crippen molar-refractivity contribution < 1.29 is 46.3 Å². The van der Waals surface area contributed by atoms with E-state index >= 15 is 0 Å². The van der Waals surface area contributed by atoms with E-state index in [0.717, 1.165) is 14.2 Å². The van der Waals surface area contributed by atoms with Crippen molar-refractivity contribution >= 4 is 23.3 Å². The smallest absolute Gasteiger partial charge is 0.416 e. The van der Waals surface area contributed by atoms with Crippen molar-refractivity contribution in [1.29, 1.82) is 0 Å². The Bertz CT molecular complexity index is 867. The summed E-state index contributed by atoms with van der Waals surface area (Å²) in [6, 6.07) is 0.279. The van der Waals surface area contributed by atoms with Crippen LogP contribution in [0.2, 0.25) is 0 Å². The normalized spacial score (nSPS) is 14.7. The number of carbonyl (C=O) groups excluding carboxylic acids is 2. The Morgan fingerprint density at radius 2 is 1.82 bits per heavy atom. The zero-order valence-electron chi connectivity index (χ0n) is 14.3. The summed E-state index contributed by atoms with van der Waals surface area (Å²) in [5.74, 6) is -3.94. The molecular formula is C15H12F4N2O7. The molecule has 152 valence electrons. The van der Waals surface area contributed by atoms with Crippen LogP contribution < -0.4 is 4.90 Å². The van der Waals surface area contributed by atoms with Crippen LogP contribution >= 0.6 is 0 Å². The van der Waals surface area contributed by atoms with Crippen molar-refractivity contribution in [3.63, 3.8) is 0 Å². The number of hydrogen-bond acceptors (Lipinski definition) is 8. The Balaban J connectivity index is 2.80. The topological polar surface area (TPSA) is 108 Å². The molecule has 1 heterocycles. The van der Waals surface area contributed by atoms with Crippen LogP contribution in [0.15, 0.2) is 23.4 Å². The van der Waals surface area contributed by atoms with Crippen LogP contribution in [0.4, 0.5) is 28.9 Å². The van der Waals surface area contributed by atoms with Gasteiger partial charge in [0, 0.05) is 6.07 Å². The maximum atomic E-state index is 14.6. The highest BCUT2D eigenvalue weighted by molar-refractivity contribution is 6.03. The summed E-state index contributed by atoms with van der Waals surface area (Å²) in [7, 11) is 1.89. The highest BCUT2D eigenvalue weighted by atomic mass is 19.4.